The third-order valence-electron chi connectivity index (χ3n) is 4.21. The Morgan fingerprint density at radius 1 is 1.20 bits per heavy atom. The molecular formula is C19H26N4OS. The third kappa shape index (κ3) is 5.26. The van der Waals surface area contributed by atoms with Crippen molar-refractivity contribution in [2.75, 3.05) is 23.3 Å². The van der Waals surface area contributed by atoms with Crippen LogP contribution in [0, 0.1) is 0 Å². The molecule has 3 rings (SSSR count). The summed E-state index contributed by atoms with van der Waals surface area (Å²) in [7, 11) is 0. The Bertz CT molecular complexity index is 736. The van der Waals surface area contributed by atoms with Gasteiger partial charge in [-0.3, -0.25) is 9.78 Å². The molecule has 1 aromatic heterocycles. The van der Waals surface area contributed by atoms with Crippen LogP contribution in [-0.2, 0) is 5.75 Å². The Labute approximate surface area is 153 Å². The molecule has 0 atom stereocenters. The first kappa shape index (κ1) is 17.9. The molecule has 1 fully saturated rings. The summed E-state index contributed by atoms with van der Waals surface area (Å²) in [5.74, 6) is 1.24. The van der Waals surface area contributed by atoms with E-state index >= 15 is 0 Å². The second-order valence-electron chi connectivity index (χ2n) is 6.66. The molecule has 2 aromatic rings. The monoisotopic (exact) mass is 358 g/mol. The summed E-state index contributed by atoms with van der Waals surface area (Å²) in [6.45, 7) is 6.55. The average Bonchev–Trinajstić information content (AvgIpc) is 2.61. The SMILES string of the molecule is CC(C)SCc1cc(=O)[nH]c(Nc2ccc(N3CCCCC3)cc2)n1. The van der Waals surface area contributed by atoms with Crippen LogP contribution >= 0.6 is 11.8 Å². The van der Waals surface area contributed by atoms with Crippen molar-refractivity contribution < 1.29 is 0 Å². The molecule has 134 valence electrons. The van der Waals surface area contributed by atoms with Gasteiger partial charge in [-0.25, -0.2) is 4.98 Å². The van der Waals surface area contributed by atoms with E-state index in [2.05, 4.69) is 46.2 Å². The van der Waals surface area contributed by atoms with Gasteiger partial charge in [0.2, 0.25) is 5.95 Å². The lowest BCUT2D eigenvalue weighted by atomic mass is 10.1. The van der Waals surface area contributed by atoms with Crippen molar-refractivity contribution in [1.29, 1.82) is 0 Å². The number of nitrogens with zero attached hydrogens (tertiary/aromatic N) is 2. The molecule has 0 radical (unpaired) electrons. The summed E-state index contributed by atoms with van der Waals surface area (Å²) in [5.41, 5.74) is 2.86. The van der Waals surface area contributed by atoms with Crippen LogP contribution in [0.5, 0.6) is 0 Å². The zero-order chi connectivity index (χ0) is 17.6. The quantitative estimate of drug-likeness (QED) is 0.812. The second kappa shape index (κ2) is 8.43. The van der Waals surface area contributed by atoms with E-state index in [1.165, 1.54) is 24.9 Å². The van der Waals surface area contributed by atoms with E-state index in [1.807, 2.05) is 12.1 Å². The third-order valence-corrected chi connectivity index (χ3v) is 5.34. The Balaban J connectivity index is 1.68. The molecule has 1 aromatic carbocycles. The fourth-order valence-corrected chi connectivity index (χ4v) is 3.59. The van der Waals surface area contributed by atoms with Crippen molar-refractivity contribution >= 4 is 29.1 Å². The van der Waals surface area contributed by atoms with E-state index < -0.39 is 0 Å². The van der Waals surface area contributed by atoms with Gasteiger partial charge in [-0.15, -0.1) is 0 Å². The molecule has 0 spiro atoms. The van der Waals surface area contributed by atoms with Crippen molar-refractivity contribution in [1.82, 2.24) is 9.97 Å². The van der Waals surface area contributed by atoms with E-state index in [0.717, 1.165) is 30.2 Å². The number of thioether (sulfide) groups is 1. The smallest absolute Gasteiger partial charge is 0.252 e. The van der Waals surface area contributed by atoms with Gasteiger partial charge in [0.1, 0.15) is 0 Å². The summed E-state index contributed by atoms with van der Waals surface area (Å²) in [6, 6.07) is 9.91. The molecule has 1 aliphatic heterocycles. The highest BCUT2D eigenvalue weighted by molar-refractivity contribution is 7.99. The number of H-pyrrole nitrogens is 1. The van der Waals surface area contributed by atoms with Crippen LogP contribution in [0.15, 0.2) is 35.1 Å². The fraction of sp³-hybridized carbons (Fsp3) is 0.474. The maximum Gasteiger partial charge on any atom is 0.252 e. The number of aromatic amines is 1. The van der Waals surface area contributed by atoms with Gasteiger partial charge < -0.3 is 10.2 Å². The van der Waals surface area contributed by atoms with Gasteiger partial charge in [0.05, 0.1) is 5.69 Å². The molecule has 0 unspecified atom stereocenters. The van der Waals surface area contributed by atoms with Crippen molar-refractivity contribution in [2.24, 2.45) is 0 Å². The highest BCUT2D eigenvalue weighted by atomic mass is 32.2. The molecule has 1 saturated heterocycles. The topological polar surface area (TPSA) is 61.0 Å². The maximum absolute atomic E-state index is 11.9. The van der Waals surface area contributed by atoms with Gasteiger partial charge in [-0.1, -0.05) is 13.8 Å². The van der Waals surface area contributed by atoms with Crippen LogP contribution in [0.3, 0.4) is 0 Å². The standard InChI is InChI=1S/C19H26N4OS/c1-14(2)25-13-16-12-18(24)22-19(21-16)20-15-6-8-17(9-7-15)23-10-4-3-5-11-23/h6-9,12,14H,3-5,10-11,13H2,1-2H3,(H2,20,21,22,24). The number of piperidine rings is 1. The van der Waals surface area contributed by atoms with E-state index in [1.54, 1.807) is 17.8 Å². The zero-order valence-corrected chi connectivity index (χ0v) is 15.7. The molecule has 0 saturated carbocycles. The summed E-state index contributed by atoms with van der Waals surface area (Å²) >= 11 is 1.78. The van der Waals surface area contributed by atoms with Crippen molar-refractivity contribution in [3.8, 4) is 0 Å². The summed E-state index contributed by atoms with van der Waals surface area (Å²) in [6.07, 6.45) is 3.87. The van der Waals surface area contributed by atoms with E-state index in [-0.39, 0.29) is 5.56 Å². The summed E-state index contributed by atoms with van der Waals surface area (Å²) in [4.78, 5) is 21.6. The highest BCUT2D eigenvalue weighted by Gasteiger charge is 2.10. The lowest BCUT2D eigenvalue weighted by Crippen LogP contribution is -2.29. The molecule has 0 bridgehead atoms. The average molecular weight is 359 g/mol. The minimum atomic E-state index is -0.123. The molecular weight excluding hydrogens is 332 g/mol. The molecule has 2 heterocycles. The number of hydrogen-bond acceptors (Lipinski definition) is 5. The molecule has 1 aliphatic rings. The maximum atomic E-state index is 11.9. The predicted octanol–water partition coefficient (Wildman–Crippen LogP) is 4.15. The molecule has 25 heavy (non-hydrogen) atoms. The minimum absolute atomic E-state index is 0.123. The Kier molecular flexibility index (Phi) is 6.02. The summed E-state index contributed by atoms with van der Waals surface area (Å²) < 4.78 is 0. The van der Waals surface area contributed by atoms with E-state index in [9.17, 15) is 4.79 Å². The number of benzene rings is 1. The summed E-state index contributed by atoms with van der Waals surface area (Å²) in [5, 5.41) is 3.72. The van der Waals surface area contributed by atoms with Gasteiger partial charge in [-0.2, -0.15) is 11.8 Å². The lowest BCUT2D eigenvalue weighted by molar-refractivity contribution is 0.578. The van der Waals surface area contributed by atoms with Crippen LogP contribution in [0.25, 0.3) is 0 Å². The van der Waals surface area contributed by atoms with E-state index in [0.29, 0.717) is 11.2 Å². The van der Waals surface area contributed by atoms with Gasteiger partial charge in [-0.05, 0) is 48.8 Å². The highest BCUT2D eigenvalue weighted by Crippen LogP contribution is 2.23. The van der Waals surface area contributed by atoms with Gasteiger partial charge in [0, 0.05) is 36.3 Å². The first-order valence-corrected chi connectivity index (χ1v) is 9.99. The van der Waals surface area contributed by atoms with Crippen molar-refractivity contribution in [3.63, 3.8) is 0 Å². The van der Waals surface area contributed by atoms with Crippen LogP contribution in [0.2, 0.25) is 0 Å². The second-order valence-corrected chi connectivity index (χ2v) is 8.23. The number of aromatic nitrogens is 2. The predicted molar refractivity (Wildman–Crippen MR) is 107 cm³/mol. The number of rotatable bonds is 6. The lowest BCUT2D eigenvalue weighted by Gasteiger charge is -2.28. The number of nitrogens with one attached hydrogen (secondary N) is 2. The zero-order valence-electron chi connectivity index (χ0n) is 14.9. The Morgan fingerprint density at radius 2 is 1.92 bits per heavy atom. The van der Waals surface area contributed by atoms with Crippen LogP contribution in [-0.4, -0.2) is 28.3 Å². The molecule has 0 aliphatic carbocycles. The largest absolute Gasteiger partial charge is 0.372 e. The normalized spacial score (nSPS) is 14.8. The number of hydrogen-bond donors (Lipinski definition) is 2. The molecule has 2 N–H and O–H groups in total. The van der Waals surface area contributed by atoms with E-state index in [4.69, 9.17) is 0 Å². The Hall–Kier alpha value is -1.95. The van der Waals surface area contributed by atoms with Crippen LogP contribution in [0.1, 0.15) is 38.8 Å². The van der Waals surface area contributed by atoms with Crippen LogP contribution in [0.4, 0.5) is 17.3 Å². The minimum Gasteiger partial charge on any atom is -0.372 e. The van der Waals surface area contributed by atoms with Gasteiger partial charge in [0.25, 0.3) is 5.56 Å². The van der Waals surface area contributed by atoms with Crippen molar-refractivity contribution in [2.45, 2.75) is 44.1 Å². The first-order valence-electron chi connectivity index (χ1n) is 8.94. The van der Waals surface area contributed by atoms with Crippen molar-refractivity contribution in [3.05, 3.63) is 46.4 Å². The van der Waals surface area contributed by atoms with Gasteiger partial charge >= 0.3 is 0 Å². The number of anilines is 3. The molecule has 0 amide bonds. The molecule has 5 nitrogen and oxygen atoms in total. The Morgan fingerprint density at radius 3 is 2.60 bits per heavy atom. The first-order chi connectivity index (χ1) is 12.1. The van der Waals surface area contributed by atoms with Gasteiger partial charge in [0.15, 0.2) is 0 Å². The fourth-order valence-electron chi connectivity index (χ4n) is 2.94. The molecule has 6 heteroatoms. The van der Waals surface area contributed by atoms with Crippen LogP contribution < -0.4 is 15.8 Å².